The van der Waals surface area contributed by atoms with Crippen LogP contribution < -0.4 is 9.30 Å². The van der Waals surface area contributed by atoms with Gasteiger partial charge in [-0.05, 0) is 35.9 Å². The van der Waals surface area contributed by atoms with Crippen LogP contribution in [0.15, 0.2) is 85.3 Å². The first-order valence-corrected chi connectivity index (χ1v) is 9.07. The molecule has 0 aliphatic heterocycles. The molecule has 0 spiro atoms. The molecule has 5 nitrogen and oxygen atoms in total. The van der Waals surface area contributed by atoms with Gasteiger partial charge in [0.05, 0.1) is 5.52 Å². The number of aryl methyl sites for hydroxylation is 1. The van der Waals surface area contributed by atoms with Crippen LogP contribution in [0.25, 0.3) is 10.9 Å². The average Bonchev–Trinajstić information content (AvgIpc) is 3.13. The zero-order valence-corrected chi connectivity index (χ0v) is 15.6. The first-order valence-electron chi connectivity index (χ1n) is 9.07. The lowest BCUT2D eigenvalue weighted by atomic mass is 10.2. The van der Waals surface area contributed by atoms with E-state index in [9.17, 15) is 4.79 Å². The summed E-state index contributed by atoms with van der Waals surface area (Å²) in [6.07, 6.45) is 5.52. The topological polar surface area (TPSA) is 44.3 Å². The Kier molecular flexibility index (Phi) is 5.06. The third-order valence-corrected chi connectivity index (χ3v) is 4.50. The Labute approximate surface area is 163 Å². The number of rotatable bonds is 6. The van der Waals surface area contributed by atoms with Crippen LogP contribution >= 0.6 is 0 Å². The van der Waals surface area contributed by atoms with Gasteiger partial charge in [-0.2, -0.15) is 0 Å². The molecular weight excluding hydrogens is 352 g/mol. The highest BCUT2D eigenvalue weighted by Gasteiger charge is 2.11. The molecule has 0 amide bonds. The quantitative estimate of drug-likeness (QED) is 0.381. The van der Waals surface area contributed by atoms with E-state index in [0.717, 1.165) is 22.2 Å². The van der Waals surface area contributed by atoms with E-state index in [0.29, 0.717) is 12.2 Å². The summed E-state index contributed by atoms with van der Waals surface area (Å²) in [5, 5.41) is 1.03. The Bertz CT molecular complexity index is 1100. The van der Waals surface area contributed by atoms with Gasteiger partial charge in [-0.25, -0.2) is 9.36 Å². The van der Waals surface area contributed by atoms with Crippen molar-refractivity contribution in [3.63, 3.8) is 0 Å². The highest BCUT2D eigenvalue weighted by Crippen LogP contribution is 2.23. The normalized spacial score (nSPS) is 10.8. The van der Waals surface area contributed by atoms with Crippen molar-refractivity contribution in [1.82, 2.24) is 4.57 Å². The minimum atomic E-state index is -0.346. The van der Waals surface area contributed by atoms with Gasteiger partial charge in [-0.1, -0.05) is 30.3 Å². The molecule has 0 N–H and O–H groups in total. The summed E-state index contributed by atoms with van der Waals surface area (Å²) >= 11 is 0. The number of hydrogen-bond donors (Lipinski definition) is 0. The van der Waals surface area contributed by atoms with Crippen LogP contribution in [0.5, 0.6) is 5.75 Å². The van der Waals surface area contributed by atoms with Gasteiger partial charge >= 0.3 is 5.97 Å². The Morgan fingerprint density at radius 1 is 1.04 bits per heavy atom. The van der Waals surface area contributed by atoms with Crippen LogP contribution in [-0.2, 0) is 25.1 Å². The first kappa shape index (κ1) is 17.8. The van der Waals surface area contributed by atoms with Crippen LogP contribution in [0, 0.1) is 0 Å². The fourth-order valence-corrected chi connectivity index (χ4v) is 3.04. The first-order chi connectivity index (χ1) is 13.7. The number of ether oxygens (including phenoxy) is 2. The molecule has 140 valence electrons. The molecule has 28 heavy (non-hydrogen) atoms. The van der Waals surface area contributed by atoms with Gasteiger partial charge < -0.3 is 14.0 Å². The molecule has 0 saturated carbocycles. The van der Waals surface area contributed by atoms with E-state index in [2.05, 4.69) is 0 Å². The van der Waals surface area contributed by atoms with Crippen LogP contribution in [-0.4, -0.2) is 10.5 Å². The standard InChI is InChI=1S/C23H21N2O3/c1-24-12-5-8-20(15-24)23(26)28-17-25-13-11-19-14-21(9-10-22(19)25)27-16-18-6-3-2-4-7-18/h2-15H,16-17H2,1H3/q+1. The molecule has 0 aliphatic rings. The Morgan fingerprint density at radius 2 is 1.89 bits per heavy atom. The second kappa shape index (κ2) is 7.96. The number of carbonyl (C=O) groups is 1. The third-order valence-electron chi connectivity index (χ3n) is 4.50. The fourth-order valence-electron chi connectivity index (χ4n) is 3.04. The van der Waals surface area contributed by atoms with E-state index >= 15 is 0 Å². The predicted octanol–water partition coefficient (Wildman–Crippen LogP) is 3.86. The molecule has 0 unspecified atom stereocenters. The third kappa shape index (κ3) is 4.04. The SMILES string of the molecule is C[n+]1cccc(C(=O)OCn2ccc3cc(OCc4ccccc4)ccc32)c1. The Hall–Kier alpha value is -3.60. The molecule has 0 aliphatic carbocycles. The molecule has 0 fully saturated rings. The number of carbonyl (C=O) groups excluding carboxylic acids is 1. The van der Waals surface area contributed by atoms with Crippen molar-refractivity contribution in [3.05, 3.63) is 96.4 Å². The van der Waals surface area contributed by atoms with Crippen molar-refractivity contribution in [2.24, 2.45) is 7.05 Å². The van der Waals surface area contributed by atoms with Crippen LogP contribution in [0.2, 0.25) is 0 Å². The number of fused-ring (bicyclic) bond motifs is 1. The molecular formula is C23H21N2O3+. The van der Waals surface area contributed by atoms with Gasteiger partial charge in [-0.15, -0.1) is 0 Å². The molecule has 5 heteroatoms. The molecule has 2 aromatic heterocycles. The predicted molar refractivity (Wildman–Crippen MR) is 106 cm³/mol. The van der Waals surface area contributed by atoms with Gasteiger partial charge in [0.1, 0.15) is 25.0 Å². The smallest absolute Gasteiger partial charge is 0.345 e. The van der Waals surface area contributed by atoms with Crippen molar-refractivity contribution in [1.29, 1.82) is 0 Å². The van der Waals surface area contributed by atoms with Crippen LogP contribution in [0.3, 0.4) is 0 Å². The molecule has 4 aromatic rings. The summed E-state index contributed by atoms with van der Waals surface area (Å²) < 4.78 is 15.0. The maximum Gasteiger partial charge on any atom is 0.345 e. The largest absolute Gasteiger partial charge is 0.489 e. The van der Waals surface area contributed by atoms with E-state index < -0.39 is 0 Å². The lowest BCUT2D eigenvalue weighted by Gasteiger charge is -2.09. The van der Waals surface area contributed by atoms with Gasteiger partial charge in [0.2, 0.25) is 0 Å². The summed E-state index contributed by atoms with van der Waals surface area (Å²) in [5.41, 5.74) is 2.64. The van der Waals surface area contributed by atoms with Gasteiger partial charge in [0.25, 0.3) is 0 Å². The van der Waals surface area contributed by atoms with E-state index in [1.807, 2.05) is 89.2 Å². The van der Waals surface area contributed by atoms with Crippen molar-refractivity contribution in [2.75, 3.05) is 0 Å². The highest BCUT2D eigenvalue weighted by molar-refractivity contribution is 5.88. The monoisotopic (exact) mass is 373 g/mol. The number of nitrogens with zero attached hydrogens (tertiary/aromatic N) is 2. The zero-order valence-electron chi connectivity index (χ0n) is 15.6. The number of hydrogen-bond acceptors (Lipinski definition) is 3. The lowest BCUT2D eigenvalue weighted by molar-refractivity contribution is -0.671. The maximum absolute atomic E-state index is 12.2. The number of esters is 1. The summed E-state index contributed by atoms with van der Waals surface area (Å²) in [6.45, 7) is 0.685. The molecule has 0 saturated heterocycles. The summed E-state index contributed by atoms with van der Waals surface area (Å²) in [4.78, 5) is 12.2. The number of pyridine rings is 1. The van der Waals surface area contributed by atoms with Crippen LogP contribution in [0.4, 0.5) is 0 Å². The van der Waals surface area contributed by atoms with E-state index in [-0.39, 0.29) is 12.7 Å². The molecule has 2 aromatic carbocycles. The molecule has 2 heterocycles. The van der Waals surface area contributed by atoms with Crippen molar-refractivity contribution in [2.45, 2.75) is 13.3 Å². The Morgan fingerprint density at radius 3 is 2.71 bits per heavy atom. The summed E-state index contributed by atoms with van der Waals surface area (Å²) in [5.74, 6) is 0.462. The minimum absolute atomic E-state index is 0.158. The molecule has 0 atom stereocenters. The molecule has 0 radical (unpaired) electrons. The van der Waals surface area contributed by atoms with Crippen molar-refractivity contribution < 1.29 is 18.8 Å². The average molecular weight is 373 g/mol. The summed E-state index contributed by atoms with van der Waals surface area (Å²) in [7, 11) is 1.87. The Balaban J connectivity index is 1.42. The summed E-state index contributed by atoms with van der Waals surface area (Å²) in [6, 6.07) is 21.5. The van der Waals surface area contributed by atoms with E-state index in [1.165, 1.54) is 0 Å². The second-order valence-electron chi connectivity index (χ2n) is 6.60. The van der Waals surface area contributed by atoms with Gasteiger partial charge in [-0.3, -0.25) is 0 Å². The number of benzene rings is 2. The van der Waals surface area contributed by atoms with Gasteiger partial charge in [0.15, 0.2) is 19.1 Å². The number of aromatic nitrogens is 2. The molecule has 0 bridgehead atoms. The minimum Gasteiger partial charge on any atom is -0.489 e. The van der Waals surface area contributed by atoms with Crippen molar-refractivity contribution >= 4 is 16.9 Å². The van der Waals surface area contributed by atoms with Gasteiger partial charge in [0, 0.05) is 17.6 Å². The lowest BCUT2D eigenvalue weighted by Crippen LogP contribution is -2.28. The molecule has 4 rings (SSSR count). The maximum atomic E-state index is 12.2. The van der Waals surface area contributed by atoms with E-state index in [1.54, 1.807) is 12.3 Å². The van der Waals surface area contributed by atoms with Crippen LogP contribution in [0.1, 0.15) is 15.9 Å². The fraction of sp³-hybridized carbons (Fsp3) is 0.130. The highest BCUT2D eigenvalue weighted by atomic mass is 16.5. The van der Waals surface area contributed by atoms with Crippen molar-refractivity contribution in [3.8, 4) is 5.75 Å². The van der Waals surface area contributed by atoms with E-state index in [4.69, 9.17) is 9.47 Å². The second-order valence-corrected chi connectivity index (χ2v) is 6.60. The zero-order chi connectivity index (χ0) is 19.3.